The van der Waals surface area contributed by atoms with Crippen LogP contribution < -0.4 is 11.5 Å². The summed E-state index contributed by atoms with van der Waals surface area (Å²) in [5.74, 6) is 0.830. The number of nitrogens with zero attached hydrogens (tertiary/aromatic N) is 6. The zero-order valence-corrected chi connectivity index (χ0v) is 18.4. The molecule has 0 atom stereocenters. The van der Waals surface area contributed by atoms with E-state index in [1.165, 1.54) is 43.0 Å². The minimum absolute atomic E-state index is 0.165. The molecule has 4 N–H and O–H groups in total. The standard InChI is InChI=1S/C22H24N8OS/c23-11-16-10-15(4-5-19(16)32-9-3-8-29-6-1-2-7-29)18-13-26-20(24)22(28-18)30-14-17(12-27-30)21(25)31/h4-5,10,12-14H,1-3,6-9H2,(H2,24,26)(H2,25,31). The normalized spacial score (nSPS) is 13.8. The number of hydrogen-bond acceptors (Lipinski definition) is 8. The molecule has 2 aromatic heterocycles. The van der Waals surface area contributed by atoms with Crippen LogP contribution >= 0.6 is 11.8 Å². The van der Waals surface area contributed by atoms with Crippen molar-refractivity contribution in [3.63, 3.8) is 0 Å². The number of anilines is 1. The van der Waals surface area contributed by atoms with Crippen molar-refractivity contribution in [1.29, 1.82) is 5.26 Å². The summed E-state index contributed by atoms with van der Waals surface area (Å²) < 4.78 is 1.36. The summed E-state index contributed by atoms with van der Waals surface area (Å²) in [6.45, 7) is 3.52. The molecule has 164 valence electrons. The Kier molecular flexibility index (Phi) is 6.68. The molecule has 32 heavy (non-hydrogen) atoms. The second-order valence-electron chi connectivity index (χ2n) is 7.58. The maximum Gasteiger partial charge on any atom is 0.251 e. The molecule has 9 nitrogen and oxygen atoms in total. The highest BCUT2D eigenvalue weighted by Crippen LogP contribution is 2.28. The summed E-state index contributed by atoms with van der Waals surface area (Å²) in [7, 11) is 0. The zero-order valence-electron chi connectivity index (χ0n) is 17.6. The Labute approximate surface area is 190 Å². The first kappa shape index (κ1) is 21.8. The summed E-state index contributed by atoms with van der Waals surface area (Å²) in [4.78, 5) is 23.6. The molecule has 0 spiro atoms. The monoisotopic (exact) mass is 448 g/mol. The molecule has 1 amide bonds. The van der Waals surface area contributed by atoms with Crippen LogP contribution in [0.3, 0.4) is 0 Å². The van der Waals surface area contributed by atoms with Crippen molar-refractivity contribution in [3.8, 4) is 23.1 Å². The molecule has 1 fully saturated rings. The van der Waals surface area contributed by atoms with E-state index >= 15 is 0 Å². The Morgan fingerprint density at radius 1 is 1.25 bits per heavy atom. The number of primary amides is 1. The third-order valence-electron chi connectivity index (χ3n) is 5.34. The molecule has 4 rings (SSSR count). The number of likely N-dealkylation sites (tertiary alicyclic amines) is 1. The predicted molar refractivity (Wildman–Crippen MR) is 123 cm³/mol. The minimum Gasteiger partial charge on any atom is -0.381 e. The molecule has 0 aliphatic carbocycles. The highest BCUT2D eigenvalue weighted by atomic mass is 32.2. The largest absolute Gasteiger partial charge is 0.381 e. The van der Waals surface area contributed by atoms with Gasteiger partial charge in [-0.3, -0.25) is 4.79 Å². The number of benzene rings is 1. The summed E-state index contributed by atoms with van der Waals surface area (Å²) in [5.41, 5.74) is 13.4. The van der Waals surface area contributed by atoms with Crippen LogP contribution in [0.1, 0.15) is 35.2 Å². The van der Waals surface area contributed by atoms with E-state index in [1.807, 2.05) is 18.2 Å². The van der Waals surface area contributed by atoms with E-state index in [4.69, 9.17) is 11.5 Å². The fraction of sp³-hybridized carbons (Fsp3) is 0.318. The van der Waals surface area contributed by atoms with Crippen molar-refractivity contribution in [2.45, 2.75) is 24.2 Å². The number of rotatable bonds is 8. The average molecular weight is 449 g/mol. The van der Waals surface area contributed by atoms with E-state index in [2.05, 4.69) is 26.0 Å². The van der Waals surface area contributed by atoms with Gasteiger partial charge in [-0.05, 0) is 56.8 Å². The van der Waals surface area contributed by atoms with Crippen molar-refractivity contribution in [2.75, 3.05) is 31.1 Å². The van der Waals surface area contributed by atoms with Crippen molar-refractivity contribution in [2.24, 2.45) is 5.73 Å². The molecule has 1 aliphatic heterocycles. The van der Waals surface area contributed by atoms with Crippen LogP contribution in [0.2, 0.25) is 0 Å². The topological polar surface area (TPSA) is 140 Å². The Morgan fingerprint density at radius 2 is 2.06 bits per heavy atom. The fourth-order valence-corrected chi connectivity index (χ4v) is 4.56. The molecular formula is C22H24N8OS. The molecule has 0 bridgehead atoms. The Morgan fingerprint density at radius 3 is 2.78 bits per heavy atom. The van der Waals surface area contributed by atoms with E-state index in [0.29, 0.717) is 11.3 Å². The Hall–Kier alpha value is -3.42. The van der Waals surface area contributed by atoms with Gasteiger partial charge >= 0.3 is 0 Å². The lowest BCUT2D eigenvalue weighted by Crippen LogP contribution is -2.20. The van der Waals surface area contributed by atoms with Crippen LogP contribution in [0.5, 0.6) is 0 Å². The highest BCUT2D eigenvalue weighted by Gasteiger charge is 2.14. The Bertz CT molecular complexity index is 1160. The SMILES string of the molecule is N#Cc1cc(-c2cnc(N)c(-n3cc(C(N)=O)cn3)n2)ccc1SCCCN1CCCC1. The van der Waals surface area contributed by atoms with E-state index in [-0.39, 0.29) is 17.2 Å². The second kappa shape index (κ2) is 9.80. The number of carbonyl (C=O) groups is 1. The first-order valence-corrected chi connectivity index (χ1v) is 11.4. The highest BCUT2D eigenvalue weighted by molar-refractivity contribution is 7.99. The molecule has 0 unspecified atom stereocenters. The maximum atomic E-state index is 11.3. The molecular weight excluding hydrogens is 424 g/mol. The van der Waals surface area contributed by atoms with Gasteiger partial charge in [0.2, 0.25) is 0 Å². The first-order chi connectivity index (χ1) is 15.5. The van der Waals surface area contributed by atoms with Gasteiger partial charge in [0.05, 0.1) is 29.2 Å². The fourth-order valence-electron chi connectivity index (χ4n) is 3.64. The maximum absolute atomic E-state index is 11.3. The van der Waals surface area contributed by atoms with Crippen LogP contribution in [-0.4, -0.2) is 55.9 Å². The number of nitrogen functional groups attached to an aromatic ring is 1. The molecule has 1 aliphatic rings. The van der Waals surface area contributed by atoms with Crippen molar-refractivity contribution in [1.82, 2.24) is 24.6 Å². The Balaban J connectivity index is 1.50. The van der Waals surface area contributed by atoms with Crippen LogP contribution in [0.15, 0.2) is 41.7 Å². The van der Waals surface area contributed by atoms with Crippen molar-refractivity contribution >= 4 is 23.5 Å². The summed E-state index contributed by atoms with van der Waals surface area (Å²) in [5, 5.41) is 13.8. The lowest BCUT2D eigenvalue weighted by Gasteiger charge is -2.14. The number of aromatic nitrogens is 4. The summed E-state index contributed by atoms with van der Waals surface area (Å²) in [6, 6.07) is 7.97. The zero-order chi connectivity index (χ0) is 22.5. The van der Waals surface area contributed by atoms with E-state index in [0.717, 1.165) is 29.2 Å². The third kappa shape index (κ3) is 4.90. The van der Waals surface area contributed by atoms with E-state index in [9.17, 15) is 10.1 Å². The molecule has 3 heterocycles. The van der Waals surface area contributed by atoms with Gasteiger partial charge in [-0.25, -0.2) is 14.6 Å². The van der Waals surface area contributed by atoms with Crippen LogP contribution in [0.25, 0.3) is 17.1 Å². The van der Waals surface area contributed by atoms with Gasteiger partial charge in [-0.15, -0.1) is 11.8 Å². The van der Waals surface area contributed by atoms with Crippen molar-refractivity contribution in [3.05, 3.63) is 47.9 Å². The van der Waals surface area contributed by atoms with E-state index < -0.39 is 5.91 Å². The predicted octanol–water partition coefficient (Wildman–Crippen LogP) is 2.46. The number of carbonyl (C=O) groups excluding carboxylic acids is 1. The minimum atomic E-state index is -0.592. The summed E-state index contributed by atoms with van der Waals surface area (Å²) in [6.07, 6.45) is 8.05. The van der Waals surface area contributed by atoms with Crippen molar-refractivity contribution < 1.29 is 4.79 Å². The molecule has 0 saturated carbocycles. The van der Waals surface area contributed by atoms with Gasteiger partial charge in [-0.1, -0.05) is 6.07 Å². The molecule has 10 heteroatoms. The smallest absolute Gasteiger partial charge is 0.251 e. The quantitative estimate of drug-likeness (QED) is 0.396. The van der Waals surface area contributed by atoms with Gasteiger partial charge in [-0.2, -0.15) is 10.4 Å². The number of thioether (sulfide) groups is 1. The van der Waals surface area contributed by atoms with Crippen LogP contribution in [0.4, 0.5) is 5.82 Å². The van der Waals surface area contributed by atoms with Gasteiger partial charge in [0.25, 0.3) is 5.91 Å². The first-order valence-electron chi connectivity index (χ1n) is 10.4. The number of nitriles is 1. The second-order valence-corrected chi connectivity index (χ2v) is 8.71. The van der Waals surface area contributed by atoms with Gasteiger partial charge in [0, 0.05) is 16.7 Å². The van der Waals surface area contributed by atoms with Crippen LogP contribution in [0, 0.1) is 11.3 Å². The van der Waals surface area contributed by atoms with Crippen LogP contribution in [-0.2, 0) is 0 Å². The number of hydrogen-bond donors (Lipinski definition) is 2. The summed E-state index contributed by atoms with van der Waals surface area (Å²) >= 11 is 1.70. The molecule has 1 aromatic carbocycles. The van der Waals surface area contributed by atoms with E-state index in [1.54, 1.807) is 18.0 Å². The van der Waals surface area contributed by atoms with Gasteiger partial charge in [0.15, 0.2) is 11.6 Å². The lowest BCUT2D eigenvalue weighted by atomic mass is 10.1. The number of nitrogens with two attached hydrogens (primary N) is 2. The van der Waals surface area contributed by atoms with Gasteiger partial charge < -0.3 is 16.4 Å². The molecule has 1 saturated heterocycles. The molecule has 3 aromatic rings. The third-order valence-corrected chi connectivity index (χ3v) is 6.50. The number of amides is 1. The van der Waals surface area contributed by atoms with Gasteiger partial charge in [0.1, 0.15) is 6.07 Å². The molecule has 0 radical (unpaired) electrons. The lowest BCUT2D eigenvalue weighted by molar-refractivity contribution is 0.100. The average Bonchev–Trinajstić information content (AvgIpc) is 3.49.